The van der Waals surface area contributed by atoms with Gasteiger partial charge in [0, 0.05) is 13.0 Å². The van der Waals surface area contributed by atoms with Gasteiger partial charge in [-0.3, -0.25) is 14.2 Å². The summed E-state index contributed by atoms with van der Waals surface area (Å²) >= 11 is 11.6. The summed E-state index contributed by atoms with van der Waals surface area (Å²) in [6.45, 7) is 4.65. The normalized spacial score (nSPS) is 10.6. The third-order valence-corrected chi connectivity index (χ3v) is 2.63. The summed E-state index contributed by atoms with van der Waals surface area (Å²) in [5, 5.41) is 2.68. The Morgan fingerprint density at radius 1 is 1.44 bits per heavy atom. The van der Waals surface area contributed by atoms with Gasteiger partial charge >= 0.3 is 5.97 Å². The molecule has 0 atom stereocenters. The van der Waals surface area contributed by atoms with Crippen molar-refractivity contribution in [2.75, 3.05) is 0 Å². The van der Waals surface area contributed by atoms with E-state index in [1.54, 1.807) is 13.8 Å². The van der Waals surface area contributed by atoms with Gasteiger partial charge < -0.3 is 10.1 Å². The molecule has 0 fully saturated rings. The zero-order valence-electron chi connectivity index (χ0n) is 10.2. The van der Waals surface area contributed by atoms with Gasteiger partial charge in [-0.25, -0.2) is 4.98 Å². The van der Waals surface area contributed by atoms with E-state index >= 15 is 0 Å². The van der Waals surface area contributed by atoms with E-state index in [-0.39, 0.29) is 28.9 Å². The van der Waals surface area contributed by atoms with Crippen molar-refractivity contribution >= 4 is 35.1 Å². The first-order valence-corrected chi connectivity index (χ1v) is 5.94. The largest absolute Gasteiger partial charge is 0.444 e. The highest BCUT2D eigenvalue weighted by molar-refractivity contribution is 6.40. The fourth-order valence-electron chi connectivity index (χ4n) is 1.18. The summed E-state index contributed by atoms with van der Waals surface area (Å²) in [7, 11) is 0. The number of carbonyl (C=O) groups excluding carboxylic acids is 2. The fraction of sp³-hybridized carbons (Fsp3) is 0.500. The zero-order chi connectivity index (χ0) is 13.9. The minimum atomic E-state index is -0.494. The summed E-state index contributed by atoms with van der Waals surface area (Å²) in [6, 6.07) is -0.0612. The SMILES string of the molecule is CC(=O)OCn1c(C(=O)NC(C)C)nc(Cl)c1Cl. The van der Waals surface area contributed by atoms with Gasteiger partial charge in [0.1, 0.15) is 0 Å². The molecule has 0 aromatic carbocycles. The number of hydrogen-bond donors (Lipinski definition) is 1. The molecular formula is C10H13Cl2N3O3. The van der Waals surface area contributed by atoms with Gasteiger partial charge in [-0.15, -0.1) is 0 Å². The Bertz CT molecular complexity index is 471. The van der Waals surface area contributed by atoms with Crippen molar-refractivity contribution in [3.8, 4) is 0 Å². The first kappa shape index (κ1) is 14.8. The maximum absolute atomic E-state index is 11.8. The van der Waals surface area contributed by atoms with Gasteiger partial charge in [0.2, 0.25) is 5.82 Å². The van der Waals surface area contributed by atoms with Gasteiger partial charge in [-0.1, -0.05) is 23.2 Å². The smallest absolute Gasteiger partial charge is 0.304 e. The molecule has 0 spiro atoms. The molecular weight excluding hydrogens is 281 g/mol. The third kappa shape index (κ3) is 3.61. The number of aromatic nitrogens is 2. The molecule has 0 aliphatic rings. The van der Waals surface area contributed by atoms with Gasteiger partial charge in [-0.2, -0.15) is 0 Å². The number of imidazole rings is 1. The highest BCUT2D eigenvalue weighted by Crippen LogP contribution is 2.23. The molecule has 6 nitrogen and oxygen atoms in total. The Kier molecular flexibility index (Phi) is 4.98. The van der Waals surface area contributed by atoms with Gasteiger partial charge in [0.05, 0.1) is 0 Å². The zero-order valence-corrected chi connectivity index (χ0v) is 11.7. The molecule has 100 valence electrons. The summed E-state index contributed by atoms with van der Waals surface area (Å²) < 4.78 is 6.00. The van der Waals surface area contributed by atoms with Crippen molar-refractivity contribution in [2.24, 2.45) is 0 Å². The highest BCUT2D eigenvalue weighted by atomic mass is 35.5. The molecule has 0 radical (unpaired) electrons. The Morgan fingerprint density at radius 2 is 2.06 bits per heavy atom. The number of carbonyl (C=O) groups is 2. The van der Waals surface area contributed by atoms with Crippen molar-refractivity contribution in [1.29, 1.82) is 0 Å². The molecule has 1 aromatic heterocycles. The van der Waals surface area contributed by atoms with Crippen LogP contribution in [0.15, 0.2) is 0 Å². The van der Waals surface area contributed by atoms with Crippen molar-refractivity contribution in [1.82, 2.24) is 14.9 Å². The lowest BCUT2D eigenvalue weighted by atomic mass is 10.4. The lowest BCUT2D eigenvalue weighted by molar-refractivity contribution is -0.144. The van der Waals surface area contributed by atoms with Crippen molar-refractivity contribution in [3.63, 3.8) is 0 Å². The van der Waals surface area contributed by atoms with Crippen LogP contribution in [0.4, 0.5) is 0 Å². The van der Waals surface area contributed by atoms with Crippen LogP contribution in [-0.2, 0) is 16.3 Å². The summed E-state index contributed by atoms with van der Waals surface area (Å²) in [4.78, 5) is 26.4. The van der Waals surface area contributed by atoms with Crippen LogP contribution < -0.4 is 5.32 Å². The van der Waals surface area contributed by atoms with Crippen molar-refractivity contribution in [2.45, 2.75) is 33.5 Å². The Labute approximate surface area is 114 Å². The minimum Gasteiger partial charge on any atom is -0.444 e. The van der Waals surface area contributed by atoms with Crippen LogP contribution in [0.2, 0.25) is 10.3 Å². The topological polar surface area (TPSA) is 73.2 Å². The standard InChI is InChI=1S/C10H13Cl2N3O3/c1-5(2)13-10(17)9-14-7(11)8(12)15(9)4-18-6(3)16/h5H,4H2,1-3H3,(H,13,17). The van der Waals surface area contributed by atoms with Crippen molar-refractivity contribution in [3.05, 3.63) is 16.1 Å². The monoisotopic (exact) mass is 293 g/mol. The molecule has 0 saturated heterocycles. The van der Waals surface area contributed by atoms with Crippen LogP contribution in [0.3, 0.4) is 0 Å². The van der Waals surface area contributed by atoms with E-state index in [1.165, 1.54) is 11.5 Å². The molecule has 1 amide bonds. The minimum absolute atomic E-state index is 0.0000463. The number of nitrogens with zero attached hydrogens (tertiary/aromatic N) is 2. The molecule has 0 unspecified atom stereocenters. The summed E-state index contributed by atoms with van der Waals surface area (Å²) in [5.74, 6) is -0.933. The number of nitrogens with one attached hydrogen (secondary N) is 1. The van der Waals surface area contributed by atoms with Gasteiger partial charge in [0.25, 0.3) is 5.91 Å². The van der Waals surface area contributed by atoms with E-state index in [1.807, 2.05) is 0 Å². The third-order valence-electron chi connectivity index (χ3n) is 1.89. The number of amides is 1. The number of ether oxygens (including phenoxy) is 1. The van der Waals surface area contributed by atoms with Crippen molar-refractivity contribution < 1.29 is 14.3 Å². The summed E-state index contributed by atoms with van der Waals surface area (Å²) in [6.07, 6.45) is 0. The highest BCUT2D eigenvalue weighted by Gasteiger charge is 2.21. The van der Waals surface area contributed by atoms with Gasteiger partial charge in [0.15, 0.2) is 17.0 Å². The van der Waals surface area contributed by atoms with Crippen LogP contribution in [0.1, 0.15) is 31.4 Å². The first-order chi connectivity index (χ1) is 8.32. The van der Waals surface area contributed by atoms with E-state index in [9.17, 15) is 9.59 Å². The molecule has 1 heterocycles. The molecule has 0 saturated carbocycles. The maximum atomic E-state index is 11.8. The number of rotatable bonds is 4. The molecule has 1 aromatic rings. The van der Waals surface area contributed by atoms with Crippen LogP contribution in [0, 0.1) is 0 Å². The first-order valence-electron chi connectivity index (χ1n) is 5.18. The molecule has 18 heavy (non-hydrogen) atoms. The Morgan fingerprint density at radius 3 is 2.56 bits per heavy atom. The van der Waals surface area contributed by atoms with E-state index in [4.69, 9.17) is 27.9 Å². The van der Waals surface area contributed by atoms with Crippen LogP contribution in [0.25, 0.3) is 0 Å². The lowest BCUT2D eigenvalue weighted by Gasteiger charge is -2.10. The molecule has 1 rings (SSSR count). The molecule has 1 N–H and O–H groups in total. The number of halogens is 2. The maximum Gasteiger partial charge on any atom is 0.304 e. The number of hydrogen-bond acceptors (Lipinski definition) is 4. The Hall–Kier alpha value is -1.27. The van der Waals surface area contributed by atoms with E-state index in [0.29, 0.717) is 0 Å². The van der Waals surface area contributed by atoms with E-state index < -0.39 is 11.9 Å². The second-order valence-corrected chi connectivity index (χ2v) is 4.55. The predicted molar refractivity (Wildman–Crippen MR) is 66.6 cm³/mol. The van der Waals surface area contributed by atoms with E-state index in [0.717, 1.165) is 0 Å². The van der Waals surface area contributed by atoms with Crippen LogP contribution in [0.5, 0.6) is 0 Å². The average Bonchev–Trinajstić information content (AvgIpc) is 2.52. The summed E-state index contributed by atoms with van der Waals surface area (Å²) in [5.41, 5.74) is 0. The molecule has 0 aliphatic heterocycles. The van der Waals surface area contributed by atoms with E-state index in [2.05, 4.69) is 10.3 Å². The quantitative estimate of drug-likeness (QED) is 0.860. The fourth-order valence-corrected chi connectivity index (χ4v) is 1.53. The Balaban J connectivity index is 2.99. The average molecular weight is 294 g/mol. The van der Waals surface area contributed by atoms with Crippen LogP contribution in [-0.4, -0.2) is 27.5 Å². The van der Waals surface area contributed by atoms with Gasteiger partial charge in [-0.05, 0) is 13.8 Å². The lowest BCUT2D eigenvalue weighted by Crippen LogP contribution is -2.32. The predicted octanol–water partition coefficient (Wildman–Crippen LogP) is 1.85. The van der Waals surface area contributed by atoms with Crippen LogP contribution >= 0.6 is 23.2 Å². The second-order valence-electron chi connectivity index (χ2n) is 3.84. The number of esters is 1. The molecule has 0 aliphatic carbocycles. The molecule has 0 bridgehead atoms. The second kappa shape index (κ2) is 6.06. The molecule has 8 heteroatoms.